The van der Waals surface area contributed by atoms with E-state index in [9.17, 15) is 14.7 Å². The second-order valence-corrected chi connectivity index (χ2v) is 9.04. The number of benzene rings is 3. The van der Waals surface area contributed by atoms with Gasteiger partial charge in [-0.3, -0.25) is 0 Å². The Kier molecular flexibility index (Phi) is 7.69. The standard InChI is InChI=1S/C26H24INO6/c1-32-15-34-24-11-10-16(12-22(24)27)13-23(25(29)30)28-26(31)33-14-21-19-8-4-2-6-17(19)18-7-3-5-9-20(18)21/h2-12,21,23H,13-15H2,1H3,(H,28,31)(H,29,30)/t23-/m1/s1. The van der Waals surface area contributed by atoms with Crippen molar-refractivity contribution in [3.63, 3.8) is 0 Å². The quantitative estimate of drug-likeness (QED) is 0.282. The molecule has 0 saturated carbocycles. The van der Waals surface area contributed by atoms with E-state index < -0.39 is 18.1 Å². The van der Waals surface area contributed by atoms with Crippen LogP contribution in [0.15, 0.2) is 66.7 Å². The SMILES string of the molecule is COCOc1ccc(C[C@@H](NC(=O)OCC2c3ccccc3-c3ccccc32)C(=O)O)cc1I. The van der Waals surface area contributed by atoms with Gasteiger partial charge in [0.2, 0.25) is 0 Å². The molecule has 0 saturated heterocycles. The Bertz CT molecular complexity index is 1150. The van der Waals surface area contributed by atoms with Gasteiger partial charge in [-0.1, -0.05) is 54.6 Å². The molecule has 34 heavy (non-hydrogen) atoms. The number of halogens is 1. The first-order valence-electron chi connectivity index (χ1n) is 10.7. The Hall–Kier alpha value is -3.11. The maximum atomic E-state index is 12.5. The summed E-state index contributed by atoms with van der Waals surface area (Å²) < 4.78 is 16.7. The van der Waals surface area contributed by atoms with Gasteiger partial charge in [-0.2, -0.15) is 0 Å². The van der Waals surface area contributed by atoms with Crippen LogP contribution in [-0.2, 0) is 20.7 Å². The van der Waals surface area contributed by atoms with Crippen molar-refractivity contribution >= 4 is 34.7 Å². The van der Waals surface area contributed by atoms with E-state index >= 15 is 0 Å². The maximum Gasteiger partial charge on any atom is 0.407 e. The summed E-state index contributed by atoms with van der Waals surface area (Å²) in [4.78, 5) is 24.3. The van der Waals surface area contributed by atoms with Crippen molar-refractivity contribution in [3.8, 4) is 16.9 Å². The molecule has 2 N–H and O–H groups in total. The lowest BCUT2D eigenvalue weighted by atomic mass is 9.98. The number of hydrogen-bond acceptors (Lipinski definition) is 5. The summed E-state index contributed by atoms with van der Waals surface area (Å²) in [5.41, 5.74) is 5.19. The minimum Gasteiger partial charge on any atom is -0.480 e. The van der Waals surface area contributed by atoms with E-state index in [1.807, 2.05) is 42.5 Å². The van der Waals surface area contributed by atoms with Gasteiger partial charge in [0.25, 0.3) is 0 Å². The number of nitrogens with one attached hydrogen (secondary N) is 1. The fraction of sp³-hybridized carbons (Fsp3) is 0.231. The summed E-state index contributed by atoms with van der Waals surface area (Å²) in [6.07, 6.45) is -0.649. The summed E-state index contributed by atoms with van der Waals surface area (Å²) >= 11 is 2.11. The molecule has 0 unspecified atom stereocenters. The minimum absolute atomic E-state index is 0.0948. The Morgan fingerprint density at radius 2 is 1.68 bits per heavy atom. The van der Waals surface area contributed by atoms with E-state index in [0.717, 1.165) is 31.4 Å². The van der Waals surface area contributed by atoms with Crippen molar-refractivity contribution in [2.24, 2.45) is 0 Å². The number of amides is 1. The lowest BCUT2D eigenvalue weighted by molar-refractivity contribution is -0.139. The number of carboxylic acid groups (broad SMARTS) is 1. The van der Waals surface area contributed by atoms with Gasteiger partial charge in [-0.05, 0) is 62.5 Å². The largest absolute Gasteiger partial charge is 0.480 e. The predicted octanol–water partition coefficient (Wildman–Crippen LogP) is 4.81. The summed E-state index contributed by atoms with van der Waals surface area (Å²) in [6.45, 7) is 0.242. The van der Waals surface area contributed by atoms with Gasteiger partial charge in [0, 0.05) is 19.4 Å². The van der Waals surface area contributed by atoms with Crippen molar-refractivity contribution in [1.82, 2.24) is 5.32 Å². The van der Waals surface area contributed by atoms with Crippen LogP contribution in [0.3, 0.4) is 0 Å². The van der Waals surface area contributed by atoms with Gasteiger partial charge in [0.15, 0.2) is 6.79 Å². The number of methoxy groups -OCH3 is 1. The number of fused-ring (bicyclic) bond motifs is 3. The molecule has 3 aromatic carbocycles. The van der Waals surface area contributed by atoms with E-state index in [-0.39, 0.29) is 25.7 Å². The Morgan fingerprint density at radius 3 is 2.26 bits per heavy atom. The van der Waals surface area contributed by atoms with Crippen molar-refractivity contribution in [3.05, 3.63) is 87.0 Å². The van der Waals surface area contributed by atoms with Crippen LogP contribution in [0.2, 0.25) is 0 Å². The van der Waals surface area contributed by atoms with E-state index in [0.29, 0.717) is 5.75 Å². The predicted molar refractivity (Wildman–Crippen MR) is 135 cm³/mol. The molecule has 0 spiro atoms. The van der Waals surface area contributed by atoms with Crippen LogP contribution in [0, 0.1) is 3.57 Å². The van der Waals surface area contributed by atoms with Gasteiger partial charge in [-0.15, -0.1) is 0 Å². The van der Waals surface area contributed by atoms with Gasteiger partial charge in [-0.25, -0.2) is 9.59 Å². The molecule has 1 atom stereocenters. The number of ether oxygens (including phenoxy) is 3. The molecule has 1 aliphatic carbocycles. The first-order valence-corrected chi connectivity index (χ1v) is 11.8. The van der Waals surface area contributed by atoms with Crippen LogP contribution in [-0.4, -0.2) is 43.7 Å². The maximum absolute atomic E-state index is 12.5. The molecular weight excluding hydrogens is 549 g/mol. The first-order chi connectivity index (χ1) is 16.5. The number of hydrogen-bond donors (Lipinski definition) is 2. The molecule has 176 valence electrons. The first kappa shape index (κ1) is 24.0. The zero-order valence-corrected chi connectivity index (χ0v) is 20.7. The molecule has 0 radical (unpaired) electrons. The monoisotopic (exact) mass is 573 g/mol. The average Bonchev–Trinajstić information content (AvgIpc) is 3.15. The number of aliphatic carboxylic acids is 1. The highest BCUT2D eigenvalue weighted by Gasteiger charge is 2.29. The van der Waals surface area contributed by atoms with Gasteiger partial charge >= 0.3 is 12.1 Å². The summed E-state index contributed by atoms with van der Waals surface area (Å²) in [6, 6.07) is 20.3. The smallest absolute Gasteiger partial charge is 0.407 e. The van der Waals surface area contributed by atoms with Crippen LogP contribution in [0.25, 0.3) is 11.1 Å². The molecule has 0 aliphatic heterocycles. The molecule has 7 nitrogen and oxygen atoms in total. The number of carboxylic acids is 1. The van der Waals surface area contributed by atoms with E-state index in [1.165, 1.54) is 7.11 Å². The Morgan fingerprint density at radius 1 is 1.03 bits per heavy atom. The molecule has 0 aromatic heterocycles. The molecule has 0 heterocycles. The second-order valence-electron chi connectivity index (χ2n) is 7.88. The molecule has 3 aromatic rings. The lowest BCUT2D eigenvalue weighted by Crippen LogP contribution is -2.42. The number of carbonyl (C=O) groups excluding carboxylic acids is 1. The molecular formula is C26H24INO6. The van der Waals surface area contributed by atoms with Gasteiger partial charge in [0.1, 0.15) is 18.4 Å². The lowest BCUT2D eigenvalue weighted by Gasteiger charge is -2.18. The van der Waals surface area contributed by atoms with Crippen molar-refractivity contribution < 1.29 is 28.9 Å². The van der Waals surface area contributed by atoms with Gasteiger partial charge in [0.05, 0.1) is 3.57 Å². The minimum atomic E-state index is -1.14. The third kappa shape index (κ3) is 5.34. The highest BCUT2D eigenvalue weighted by Crippen LogP contribution is 2.44. The molecule has 1 aliphatic rings. The summed E-state index contributed by atoms with van der Waals surface area (Å²) in [7, 11) is 1.54. The molecule has 0 bridgehead atoms. The third-order valence-electron chi connectivity index (χ3n) is 5.70. The topological polar surface area (TPSA) is 94.1 Å². The third-order valence-corrected chi connectivity index (χ3v) is 6.55. The van der Waals surface area contributed by atoms with Crippen LogP contribution < -0.4 is 10.1 Å². The van der Waals surface area contributed by atoms with Crippen LogP contribution in [0.5, 0.6) is 5.75 Å². The summed E-state index contributed by atoms with van der Waals surface area (Å²) in [5.74, 6) is -0.589. The normalized spacial score (nSPS) is 13.0. The zero-order chi connectivity index (χ0) is 24.1. The van der Waals surface area contributed by atoms with Crippen LogP contribution in [0.1, 0.15) is 22.6 Å². The van der Waals surface area contributed by atoms with E-state index in [1.54, 1.807) is 12.1 Å². The average molecular weight is 573 g/mol. The molecule has 4 rings (SSSR count). The second kappa shape index (κ2) is 10.9. The molecule has 8 heteroatoms. The summed E-state index contributed by atoms with van der Waals surface area (Å²) in [5, 5.41) is 12.1. The van der Waals surface area contributed by atoms with Crippen LogP contribution >= 0.6 is 22.6 Å². The Balaban J connectivity index is 1.40. The zero-order valence-electron chi connectivity index (χ0n) is 18.5. The fourth-order valence-corrected chi connectivity index (χ4v) is 4.86. The van der Waals surface area contributed by atoms with Crippen LogP contribution in [0.4, 0.5) is 4.79 Å². The molecule has 1 amide bonds. The van der Waals surface area contributed by atoms with E-state index in [2.05, 4.69) is 40.0 Å². The fourth-order valence-electron chi connectivity index (χ4n) is 4.13. The van der Waals surface area contributed by atoms with Gasteiger partial charge < -0.3 is 24.6 Å². The number of carbonyl (C=O) groups is 2. The van der Waals surface area contributed by atoms with Crippen molar-refractivity contribution in [1.29, 1.82) is 0 Å². The van der Waals surface area contributed by atoms with E-state index in [4.69, 9.17) is 14.2 Å². The highest BCUT2D eigenvalue weighted by atomic mass is 127. The molecule has 0 fully saturated rings. The number of rotatable bonds is 9. The van der Waals surface area contributed by atoms with Crippen molar-refractivity contribution in [2.45, 2.75) is 18.4 Å². The number of alkyl carbamates (subject to hydrolysis) is 1. The van der Waals surface area contributed by atoms with Crippen molar-refractivity contribution in [2.75, 3.05) is 20.5 Å². The highest BCUT2D eigenvalue weighted by molar-refractivity contribution is 14.1. The Labute approximate surface area is 211 Å².